The Labute approximate surface area is 198 Å². The molecule has 5 aromatic rings. The van der Waals surface area contributed by atoms with Gasteiger partial charge in [0.1, 0.15) is 5.75 Å². The summed E-state index contributed by atoms with van der Waals surface area (Å²) in [5, 5.41) is 4.82. The summed E-state index contributed by atoms with van der Waals surface area (Å²) >= 11 is 0. The van der Waals surface area contributed by atoms with Gasteiger partial charge in [-0.3, -0.25) is 14.3 Å². The third-order valence-electron chi connectivity index (χ3n) is 5.90. The van der Waals surface area contributed by atoms with Gasteiger partial charge in [-0.25, -0.2) is 9.97 Å². The smallest absolute Gasteiger partial charge is 0.387 e. The number of benzene rings is 2. The number of ether oxygens (including phenoxy) is 1. The van der Waals surface area contributed by atoms with Gasteiger partial charge in [-0.15, -0.1) is 0 Å². The number of anilines is 1. The number of hydrogen-bond acceptors (Lipinski definition) is 6. The molecular formula is C26H19F2N5O2. The maximum Gasteiger partial charge on any atom is 0.387 e. The van der Waals surface area contributed by atoms with Crippen molar-refractivity contribution in [2.75, 3.05) is 5.32 Å². The number of pyridine rings is 2. The van der Waals surface area contributed by atoms with Gasteiger partial charge in [0, 0.05) is 41.1 Å². The maximum atomic E-state index is 13.8. The number of fused-ring (bicyclic) bond motifs is 2. The predicted molar refractivity (Wildman–Crippen MR) is 129 cm³/mol. The molecule has 0 amide bonds. The molecule has 1 fully saturated rings. The number of nitrogens with zero attached hydrogens (tertiary/aromatic N) is 4. The quantitative estimate of drug-likeness (QED) is 0.368. The Hall–Kier alpha value is -4.40. The summed E-state index contributed by atoms with van der Waals surface area (Å²) in [6.07, 6.45) is 7.22. The molecule has 6 rings (SSSR count). The summed E-state index contributed by atoms with van der Waals surface area (Å²) in [4.78, 5) is 27.3. The van der Waals surface area contributed by atoms with Crippen molar-refractivity contribution in [1.82, 2.24) is 19.5 Å². The van der Waals surface area contributed by atoms with Gasteiger partial charge in [-0.1, -0.05) is 18.2 Å². The Morgan fingerprint density at radius 1 is 1.03 bits per heavy atom. The van der Waals surface area contributed by atoms with Crippen molar-refractivity contribution in [3.8, 4) is 22.6 Å². The number of nitrogens with one attached hydrogen (secondary N) is 1. The number of hydrogen-bond donors (Lipinski definition) is 1. The minimum atomic E-state index is -2.93. The van der Waals surface area contributed by atoms with Crippen molar-refractivity contribution in [3.63, 3.8) is 0 Å². The van der Waals surface area contributed by atoms with Gasteiger partial charge in [0.25, 0.3) is 5.56 Å². The number of alkyl halides is 2. The molecule has 0 radical (unpaired) electrons. The van der Waals surface area contributed by atoms with E-state index in [0.29, 0.717) is 39.7 Å². The van der Waals surface area contributed by atoms with E-state index in [9.17, 15) is 13.6 Å². The highest BCUT2D eigenvalue weighted by Crippen LogP contribution is 2.29. The average molecular weight is 471 g/mol. The molecule has 0 unspecified atom stereocenters. The fourth-order valence-electron chi connectivity index (χ4n) is 4.05. The van der Waals surface area contributed by atoms with E-state index in [-0.39, 0.29) is 11.3 Å². The van der Waals surface area contributed by atoms with E-state index in [0.717, 1.165) is 23.7 Å². The zero-order valence-electron chi connectivity index (χ0n) is 18.4. The largest absolute Gasteiger partial charge is 0.435 e. The number of aromatic nitrogens is 4. The highest BCUT2D eigenvalue weighted by molar-refractivity contribution is 5.93. The molecule has 0 atom stereocenters. The van der Waals surface area contributed by atoms with Gasteiger partial charge in [0.05, 0.1) is 16.6 Å². The Kier molecular flexibility index (Phi) is 5.09. The molecule has 3 heterocycles. The van der Waals surface area contributed by atoms with Gasteiger partial charge in [0.15, 0.2) is 0 Å². The average Bonchev–Trinajstić information content (AvgIpc) is 3.68. The second-order valence-electron chi connectivity index (χ2n) is 8.38. The molecule has 35 heavy (non-hydrogen) atoms. The topological polar surface area (TPSA) is 81.9 Å². The highest BCUT2D eigenvalue weighted by atomic mass is 19.3. The first-order chi connectivity index (χ1) is 17.0. The Balaban J connectivity index is 1.55. The molecule has 1 saturated carbocycles. The van der Waals surface area contributed by atoms with Crippen molar-refractivity contribution < 1.29 is 13.5 Å². The molecular weight excluding hydrogens is 452 g/mol. The lowest BCUT2D eigenvalue weighted by Crippen LogP contribution is -2.21. The van der Waals surface area contributed by atoms with Crippen LogP contribution in [0.25, 0.3) is 38.6 Å². The lowest BCUT2D eigenvalue weighted by molar-refractivity contribution is -0.0498. The van der Waals surface area contributed by atoms with E-state index in [2.05, 4.69) is 25.0 Å². The van der Waals surface area contributed by atoms with Gasteiger partial charge >= 0.3 is 6.61 Å². The van der Waals surface area contributed by atoms with Crippen LogP contribution in [0.1, 0.15) is 12.8 Å². The first kappa shape index (κ1) is 21.2. The molecule has 2 aromatic carbocycles. The van der Waals surface area contributed by atoms with Crippen LogP contribution in [-0.2, 0) is 0 Å². The van der Waals surface area contributed by atoms with Gasteiger partial charge in [0.2, 0.25) is 5.95 Å². The van der Waals surface area contributed by atoms with Gasteiger partial charge in [-0.05, 0) is 54.8 Å². The van der Waals surface area contributed by atoms with E-state index < -0.39 is 6.61 Å². The van der Waals surface area contributed by atoms with E-state index in [1.165, 1.54) is 12.1 Å². The summed E-state index contributed by atoms with van der Waals surface area (Å²) in [6, 6.07) is 15.7. The molecule has 0 spiro atoms. The summed E-state index contributed by atoms with van der Waals surface area (Å²) in [7, 11) is 0. The van der Waals surface area contributed by atoms with Crippen LogP contribution in [0.2, 0.25) is 0 Å². The third kappa shape index (κ3) is 4.16. The Bertz CT molecular complexity index is 1610. The Morgan fingerprint density at radius 2 is 1.86 bits per heavy atom. The maximum absolute atomic E-state index is 13.8. The lowest BCUT2D eigenvalue weighted by Gasteiger charge is -2.14. The minimum Gasteiger partial charge on any atom is -0.435 e. The molecule has 7 nitrogen and oxygen atoms in total. The Morgan fingerprint density at radius 3 is 2.63 bits per heavy atom. The van der Waals surface area contributed by atoms with Crippen LogP contribution in [0.5, 0.6) is 5.75 Å². The summed E-state index contributed by atoms with van der Waals surface area (Å²) in [5.74, 6) is 0.463. The molecule has 0 saturated heterocycles. The van der Waals surface area contributed by atoms with Crippen LogP contribution in [0.15, 0.2) is 78.0 Å². The highest BCUT2D eigenvalue weighted by Gasteiger charge is 2.23. The normalized spacial score (nSPS) is 13.5. The zero-order chi connectivity index (χ0) is 23.9. The second-order valence-corrected chi connectivity index (χ2v) is 8.38. The lowest BCUT2D eigenvalue weighted by atomic mass is 10.0. The standard InChI is InChI=1S/C26H19F2N5O2/c27-25(28)35-20-8-3-15(4-9-20)22-23-17(13-30-26(32-23)31-18-5-6-18)14-33(24(22)34)19-7-10-21-16(12-19)2-1-11-29-21/h1-4,7-14,18,25H,5-6H2,(H,31,32). The molecule has 9 heteroatoms. The van der Waals surface area contributed by atoms with Crippen LogP contribution < -0.4 is 15.6 Å². The molecule has 174 valence electrons. The summed E-state index contributed by atoms with van der Waals surface area (Å²) in [6.45, 7) is -2.93. The number of halogens is 2. The van der Waals surface area contributed by atoms with Crippen molar-refractivity contribution in [2.24, 2.45) is 0 Å². The first-order valence-electron chi connectivity index (χ1n) is 11.1. The third-order valence-corrected chi connectivity index (χ3v) is 5.90. The molecule has 0 bridgehead atoms. The molecule has 1 N–H and O–H groups in total. The fourth-order valence-corrected chi connectivity index (χ4v) is 4.05. The predicted octanol–water partition coefficient (Wildman–Crippen LogP) is 5.17. The summed E-state index contributed by atoms with van der Waals surface area (Å²) < 4.78 is 31.3. The van der Waals surface area contributed by atoms with Gasteiger partial charge in [-0.2, -0.15) is 8.78 Å². The summed E-state index contributed by atoms with van der Waals surface area (Å²) in [5.41, 5.74) is 2.55. The van der Waals surface area contributed by atoms with Crippen molar-refractivity contribution in [3.05, 3.63) is 83.5 Å². The minimum absolute atomic E-state index is 0.0112. The monoisotopic (exact) mass is 471 g/mol. The van der Waals surface area contributed by atoms with E-state index >= 15 is 0 Å². The second kappa shape index (κ2) is 8.43. The number of rotatable bonds is 6. The van der Waals surface area contributed by atoms with Crippen LogP contribution >= 0.6 is 0 Å². The van der Waals surface area contributed by atoms with Crippen LogP contribution in [0.4, 0.5) is 14.7 Å². The van der Waals surface area contributed by atoms with Gasteiger partial charge < -0.3 is 10.1 Å². The van der Waals surface area contributed by atoms with Crippen molar-refractivity contribution in [1.29, 1.82) is 0 Å². The van der Waals surface area contributed by atoms with Crippen LogP contribution in [0, 0.1) is 0 Å². The zero-order valence-corrected chi connectivity index (χ0v) is 18.4. The molecule has 1 aliphatic rings. The molecule has 3 aromatic heterocycles. The SMILES string of the molecule is O=c1c(-c2ccc(OC(F)F)cc2)c2nc(NC3CC3)ncc2cn1-c1ccc2ncccc2c1. The van der Waals surface area contributed by atoms with E-state index in [4.69, 9.17) is 0 Å². The van der Waals surface area contributed by atoms with Crippen LogP contribution in [0.3, 0.4) is 0 Å². The first-order valence-corrected chi connectivity index (χ1v) is 11.1. The van der Waals surface area contributed by atoms with Crippen molar-refractivity contribution >= 4 is 27.8 Å². The molecule has 1 aliphatic carbocycles. The molecule has 0 aliphatic heterocycles. The fraction of sp³-hybridized carbons (Fsp3) is 0.154. The van der Waals surface area contributed by atoms with Crippen LogP contribution in [-0.4, -0.2) is 32.2 Å². The van der Waals surface area contributed by atoms with E-state index in [1.807, 2.05) is 30.3 Å². The van der Waals surface area contributed by atoms with E-state index in [1.54, 1.807) is 35.3 Å². The van der Waals surface area contributed by atoms with Crippen molar-refractivity contribution in [2.45, 2.75) is 25.5 Å².